The Morgan fingerprint density at radius 3 is 2.40 bits per heavy atom. The highest BCUT2D eigenvalue weighted by Crippen LogP contribution is 2.25. The first-order valence-electron chi connectivity index (χ1n) is 9.33. The van der Waals surface area contributed by atoms with E-state index in [9.17, 15) is 14.4 Å². The highest BCUT2D eigenvalue weighted by atomic mass is 35.5. The molecule has 4 rings (SSSR count). The van der Waals surface area contributed by atoms with Crippen molar-refractivity contribution in [1.82, 2.24) is 5.32 Å². The highest BCUT2D eigenvalue weighted by Gasteiger charge is 2.32. The van der Waals surface area contributed by atoms with Gasteiger partial charge in [-0.1, -0.05) is 11.6 Å². The molecule has 8 nitrogen and oxygen atoms in total. The summed E-state index contributed by atoms with van der Waals surface area (Å²) in [4.78, 5) is 38.4. The number of rotatable bonds is 5. The smallest absolute Gasteiger partial charge is 0.414 e. The molecule has 30 heavy (non-hydrogen) atoms. The molecule has 0 bridgehead atoms. The maximum atomic E-state index is 11.9. The predicted molar refractivity (Wildman–Crippen MR) is 115 cm³/mol. The van der Waals surface area contributed by atoms with Gasteiger partial charge in [0.1, 0.15) is 12.7 Å². The molecule has 2 saturated heterocycles. The second kappa shape index (κ2) is 10.4. The van der Waals surface area contributed by atoms with Crippen LogP contribution < -0.4 is 15.1 Å². The van der Waals surface area contributed by atoms with Crippen LogP contribution in [-0.2, 0) is 19.1 Å². The number of anilines is 2. The van der Waals surface area contributed by atoms with E-state index in [1.165, 1.54) is 9.78 Å². The van der Waals surface area contributed by atoms with Gasteiger partial charge in [-0.05, 0) is 43.3 Å². The van der Waals surface area contributed by atoms with Crippen molar-refractivity contribution >= 4 is 52.7 Å². The Labute approximate surface area is 183 Å². The Morgan fingerprint density at radius 2 is 1.87 bits per heavy atom. The minimum atomic E-state index is -0.446. The third kappa shape index (κ3) is 5.71. The SMILES string of the molecule is Cc1ccc(Cl)s1.O=CNC[C@H]1CN(c2ccc(N3CCOCC3=O)cc2)C(=O)O1. The molecule has 2 aromatic rings. The number of halogens is 1. The summed E-state index contributed by atoms with van der Waals surface area (Å²) in [6.07, 6.45) is -0.240. The van der Waals surface area contributed by atoms with Crippen molar-refractivity contribution in [1.29, 1.82) is 0 Å². The third-order valence-electron chi connectivity index (χ3n) is 4.47. The zero-order valence-corrected chi connectivity index (χ0v) is 17.9. The average molecular weight is 452 g/mol. The van der Waals surface area contributed by atoms with Gasteiger partial charge < -0.3 is 19.7 Å². The normalized spacial score (nSPS) is 18.5. The predicted octanol–water partition coefficient (Wildman–Crippen LogP) is 2.83. The fourth-order valence-electron chi connectivity index (χ4n) is 3.03. The van der Waals surface area contributed by atoms with E-state index in [0.29, 0.717) is 31.8 Å². The van der Waals surface area contributed by atoms with Gasteiger partial charge in [0.05, 0.1) is 24.0 Å². The van der Waals surface area contributed by atoms with Crippen LogP contribution in [0.5, 0.6) is 0 Å². The van der Waals surface area contributed by atoms with E-state index in [1.54, 1.807) is 40.5 Å². The largest absolute Gasteiger partial charge is 0.442 e. The van der Waals surface area contributed by atoms with Gasteiger partial charge in [0.25, 0.3) is 5.91 Å². The summed E-state index contributed by atoms with van der Waals surface area (Å²) in [6, 6.07) is 11.0. The molecule has 2 aliphatic rings. The summed E-state index contributed by atoms with van der Waals surface area (Å²) in [5.74, 6) is -0.0791. The van der Waals surface area contributed by atoms with Gasteiger partial charge in [0, 0.05) is 22.8 Å². The van der Waals surface area contributed by atoms with E-state index >= 15 is 0 Å². The molecule has 0 spiro atoms. The maximum Gasteiger partial charge on any atom is 0.414 e. The molecular formula is C20H22ClN3O5S. The Hall–Kier alpha value is -2.62. The standard InChI is InChI=1S/C15H17N3O5.C5H5ClS/c19-10-16-7-13-8-18(15(21)23-13)12-3-1-11(2-4-12)17-5-6-22-9-14(17)20;1-4-2-3-5(6)7-4/h1-4,10,13H,5-9H2,(H,16,19);2-3H,1H3/t13-;/m0./s1. The molecule has 160 valence electrons. The summed E-state index contributed by atoms with van der Waals surface area (Å²) in [5, 5.41) is 2.50. The molecule has 10 heteroatoms. The lowest BCUT2D eigenvalue weighted by Gasteiger charge is -2.27. The lowest BCUT2D eigenvalue weighted by molar-refractivity contribution is -0.125. The van der Waals surface area contributed by atoms with Gasteiger partial charge in [-0.2, -0.15) is 0 Å². The van der Waals surface area contributed by atoms with E-state index in [0.717, 1.165) is 10.0 Å². The first kappa shape index (κ1) is 22.1. The molecule has 1 aromatic heterocycles. The number of morpholine rings is 1. The molecule has 2 aliphatic heterocycles. The zero-order chi connectivity index (χ0) is 21.5. The Morgan fingerprint density at radius 1 is 1.17 bits per heavy atom. The van der Waals surface area contributed by atoms with Crippen LogP contribution in [0.15, 0.2) is 36.4 Å². The lowest BCUT2D eigenvalue weighted by Crippen LogP contribution is -2.41. The second-order valence-corrected chi connectivity index (χ2v) is 8.53. The number of carbonyl (C=O) groups is 3. The number of ether oxygens (including phenoxy) is 2. The molecule has 3 heterocycles. The van der Waals surface area contributed by atoms with E-state index in [-0.39, 0.29) is 25.2 Å². The summed E-state index contributed by atoms with van der Waals surface area (Å²) < 4.78 is 11.2. The number of thiophene rings is 1. The molecular weight excluding hydrogens is 430 g/mol. The summed E-state index contributed by atoms with van der Waals surface area (Å²) in [6.45, 7) is 3.81. The minimum absolute atomic E-state index is 0.0791. The number of aryl methyl sites for hydroxylation is 1. The van der Waals surface area contributed by atoms with Crippen LogP contribution in [0.2, 0.25) is 4.34 Å². The molecule has 3 amide bonds. The monoisotopic (exact) mass is 451 g/mol. The van der Waals surface area contributed by atoms with Crippen LogP contribution in [0.4, 0.5) is 16.2 Å². The van der Waals surface area contributed by atoms with Gasteiger partial charge in [-0.15, -0.1) is 11.3 Å². The van der Waals surface area contributed by atoms with Gasteiger partial charge in [-0.3, -0.25) is 14.5 Å². The fourth-order valence-corrected chi connectivity index (χ4v) is 4.03. The first-order chi connectivity index (χ1) is 14.5. The van der Waals surface area contributed by atoms with E-state index < -0.39 is 6.09 Å². The van der Waals surface area contributed by atoms with Crippen molar-refractivity contribution in [2.75, 3.05) is 42.6 Å². The Bertz CT molecular complexity index is 872. The van der Waals surface area contributed by atoms with Gasteiger partial charge in [-0.25, -0.2) is 4.79 Å². The van der Waals surface area contributed by atoms with Crippen molar-refractivity contribution < 1.29 is 23.9 Å². The lowest BCUT2D eigenvalue weighted by atomic mass is 10.2. The maximum absolute atomic E-state index is 11.9. The summed E-state index contributed by atoms with van der Waals surface area (Å²) in [7, 11) is 0. The van der Waals surface area contributed by atoms with Crippen LogP contribution in [0.25, 0.3) is 0 Å². The van der Waals surface area contributed by atoms with Crippen molar-refractivity contribution in [2.45, 2.75) is 13.0 Å². The number of cyclic esters (lactones) is 1. The molecule has 0 aliphatic carbocycles. The topological polar surface area (TPSA) is 88.2 Å². The van der Waals surface area contributed by atoms with Crippen molar-refractivity contribution in [3.05, 3.63) is 45.6 Å². The van der Waals surface area contributed by atoms with Crippen LogP contribution in [-0.4, -0.2) is 57.4 Å². The summed E-state index contributed by atoms with van der Waals surface area (Å²) >= 11 is 7.19. The minimum Gasteiger partial charge on any atom is -0.442 e. The average Bonchev–Trinajstić information content (AvgIpc) is 3.31. The van der Waals surface area contributed by atoms with Gasteiger partial charge in [0.2, 0.25) is 6.41 Å². The van der Waals surface area contributed by atoms with Crippen molar-refractivity contribution in [2.24, 2.45) is 0 Å². The highest BCUT2D eigenvalue weighted by molar-refractivity contribution is 7.16. The molecule has 1 aromatic carbocycles. The van der Waals surface area contributed by atoms with Gasteiger partial charge in [0.15, 0.2) is 0 Å². The van der Waals surface area contributed by atoms with E-state index in [1.807, 2.05) is 19.1 Å². The Balaban J connectivity index is 0.000000310. The number of carbonyl (C=O) groups excluding carboxylic acids is 3. The van der Waals surface area contributed by atoms with E-state index in [2.05, 4.69) is 5.32 Å². The number of hydrogen-bond acceptors (Lipinski definition) is 6. The van der Waals surface area contributed by atoms with Crippen LogP contribution in [0.3, 0.4) is 0 Å². The quantitative estimate of drug-likeness (QED) is 0.706. The van der Waals surface area contributed by atoms with Crippen LogP contribution in [0.1, 0.15) is 4.88 Å². The van der Waals surface area contributed by atoms with E-state index in [4.69, 9.17) is 21.1 Å². The number of hydrogen-bond donors (Lipinski definition) is 1. The third-order valence-corrected chi connectivity index (χ3v) is 5.62. The number of benzene rings is 1. The van der Waals surface area contributed by atoms with Crippen LogP contribution >= 0.6 is 22.9 Å². The zero-order valence-electron chi connectivity index (χ0n) is 16.4. The summed E-state index contributed by atoms with van der Waals surface area (Å²) in [5.41, 5.74) is 1.46. The van der Waals surface area contributed by atoms with Gasteiger partial charge >= 0.3 is 6.09 Å². The number of amides is 3. The molecule has 2 fully saturated rings. The van der Waals surface area contributed by atoms with Crippen LogP contribution in [0, 0.1) is 6.92 Å². The van der Waals surface area contributed by atoms with Crippen molar-refractivity contribution in [3.63, 3.8) is 0 Å². The Kier molecular flexibility index (Phi) is 7.67. The molecule has 1 atom stereocenters. The molecule has 0 saturated carbocycles. The van der Waals surface area contributed by atoms with Crippen molar-refractivity contribution in [3.8, 4) is 0 Å². The number of nitrogens with zero attached hydrogens (tertiary/aromatic N) is 2. The second-order valence-electron chi connectivity index (χ2n) is 6.61. The molecule has 0 unspecified atom stereocenters. The fraction of sp³-hybridized carbons (Fsp3) is 0.350. The molecule has 1 N–H and O–H groups in total. The molecule has 0 radical (unpaired) electrons. The number of nitrogens with one attached hydrogen (secondary N) is 1. The first-order valence-corrected chi connectivity index (χ1v) is 10.5.